The number of thiocarbonyl (C=S) groups is 1. The molecule has 138 valence electrons. The Bertz CT molecular complexity index is 771. The predicted octanol–water partition coefficient (Wildman–Crippen LogP) is 3.71. The molecule has 0 aliphatic heterocycles. The summed E-state index contributed by atoms with van der Waals surface area (Å²) in [5.74, 6) is 0. The molecule has 0 saturated carbocycles. The molecule has 0 aromatic heterocycles. The summed E-state index contributed by atoms with van der Waals surface area (Å²) >= 11 is 11.4. The fraction of sp³-hybridized carbons (Fsp3) is 0.278. The van der Waals surface area contributed by atoms with Gasteiger partial charge in [-0.15, -0.1) is 0 Å². The van der Waals surface area contributed by atoms with Gasteiger partial charge in [0, 0.05) is 24.7 Å². The Balaban J connectivity index is 1.96. The fourth-order valence-electron chi connectivity index (χ4n) is 2.42. The molecule has 2 N–H and O–H groups in total. The molecule has 0 aliphatic carbocycles. The average molecular weight is 393 g/mol. The first-order valence-electron chi connectivity index (χ1n) is 8.06. The summed E-state index contributed by atoms with van der Waals surface area (Å²) in [6.45, 7) is 0.625. The predicted molar refractivity (Wildman–Crippen MR) is 110 cm³/mol. The summed E-state index contributed by atoms with van der Waals surface area (Å²) in [7, 11) is 4.03. The van der Waals surface area contributed by atoms with Gasteiger partial charge in [-0.1, -0.05) is 41.9 Å². The summed E-state index contributed by atoms with van der Waals surface area (Å²) in [5, 5.41) is 17.7. The molecule has 0 aliphatic rings. The number of rotatable bonds is 7. The molecule has 1 atom stereocenters. The number of hydrogen-bond acceptors (Lipinski definition) is 4. The number of likely N-dealkylation sites (N-methyl/N-ethyl adjacent to an activating group) is 1. The van der Waals surface area contributed by atoms with Gasteiger partial charge in [0.15, 0.2) is 5.11 Å². The molecule has 2 rings (SSSR count). The van der Waals surface area contributed by atoms with Gasteiger partial charge in [-0.3, -0.25) is 10.1 Å². The van der Waals surface area contributed by atoms with Gasteiger partial charge in [-0.25, -0.2) is 0 Å². The van der Waals surface area contributed by atoms with Crippen molar-refractivity contribution in [3.8, 4) is 0 Å². The van der Waals surface area contributed by atoms with Crippen LogP contribution in [0.15, 0.2) is 48.5 Å². The monoisotopic (exact) mass is 392 g/mol. The van der Waals surface area contributed by atoms with E-state index in [2.05, 4.69) is 27.7 Å². The highest BCUT2D eigenvalue weighted by molar-refractivity contribution is 7.80. The first kappa shape index (κ1) is 20.1. The zero-order chi connectivity index (χ0) is 19.1. The minimum absolute atomic E-state index is 0.0463. The summed E-state index contributed by atoms with van der Waals surface area (Å²) in [4.78, 5) is 12.6. The van der Waals surface area contributed by atoms with Gasteiger partial charge < -0.3 is 15.5 Å². The van der Waals surface area contributed by atoms with Crippen LogP contribution >= 0.6 is 23.8 Å². The number of benzene rings is 2. The lowest BCUT2D eigenvalue weighted by Gasteiger charge is -2.25. The van der Waals surface area contributed by atoms with Crippen molar-refractivity contribution in [1.29, 1.82) is 0 Å². The molecule has 0 bridgehead atoms. The second-order valence-electron chi connectivity index (χ2n) is 6.06. The number of nitro benzene ring substituents is 1. The van der Waals surface area contributed by atoms with Crippen molar-refractivity contribution in [2.75, 3.05) is 26.0 Å². The molecule has 8 heteroatoms. The number of anilines is 1. The second kappa shape index (κ2) is 9.47. The van der Waals surface area contributed by atoms with Crippen LogP contribution in [0.5, 0.6) is 0 Å². The zero-order valence-corrected chi connectivity index (χ0v) is 16.2. The van der Waals surface area contributed by atoms with E-state index in [9.17, 15) is 10.1 Å². The Hall–Kier alpha value is -2.22. The molecular weight excluding hydrogens is 372 g/mol. The van der Waals surface area contributed by atoms with Crippen molar-refractivity contribution in [2.45, 2.75) is 12.5 Å². The highest BCUT2D eigenvalue weighted by atomic mass is 35.5. The molecule has 0 radical (unpaired) electrons. The highest BCUT2D eigenvalue weighted by Gasteiger charge is 2.14. The van der Waals surface area contributed by atoms with E-state index in [1.807, 2.05) is 32.3 Å². The molecule has 6 nitrogen and oxygen atoms in total. The SMILES string of the molecule is CN(C)[C@H](CNC(=S)Nc1cc([N+](=O)[O-])ccc1Cl)Cc1ccccc1. The lowest BCUT2D eigenvalue weighted by molar-refractivity contribution is -0.384. The summed E-state index contributed by atoms with van der Waals surface area (Å²) < 4.78 is 0. The summed E-state index contributed by atoms with van der Waals surface area (Å²) in [5.41, 5.74) is 1.60. The molecule has 26 heavy (non-hydrogen) atoms. The lowest BCUT2D eigenvalue weighted by atomic mass is 10.1. The number of nitro groups is 1. The maximum absolute atomic E-state index is 10.9. The smallest absolute Gasteiger partial charge is 0.271 e. The third kappa shape index (κ3) is 5.94. The third-order valence-electron chi connectivity index (χ3n) is 3.95. The quantitative estimate of drug-likeness (QED) is 0.425. The topological polar surface area (TPSA) is 70.4 Å². The van der Waals surface area contributed by atoms with Gasteiger partial charge in [0.1, 0.15) is 0 Å². The van der Waals surface area contributed by atoms with Crippen molar-refractivity contribution >= 4 is 40.3 Å². The van der Waals surface area contributed by atoms with Gasteiger partial charge >= 0.3 is 0 Å². The Morgan fingerprint density at radius 2 is 1.96 bits per heavy atom. The largest absolute Gasteiger partial charge is 0.361 e. The normalized spacial score (nSPS) is 11.8. The maximum atomic E-state index is 10.9. The second-order valence-corrected chi connectivity index (χ2v) is 6.88. The molecular formula is C18H21ClN4O2S. The Kier molecular flexibility index (Phi) is 7.32. The van der Waals surface area contributed by atoms with E-state index in [0.29, 0.717) is 22.4 Å². The number of nitrogens with one attached hydrogen (secondary N) is 2. The zero-order valence-electron chi connectivity index (χ0n) is 14.6. The summed E-state index contributed by atoms with van der Waals surface area (Å²) in [6.07, 6.45) is 0.876. The standard InChI is InChI=1S/C18H21ClN4O2S/c1-22(2)15(10-13-6-4-3-5-7-13)12-20-18(26)21-17-11-14(23(24)25)8-9-16(17)19/h3-9,11,15H,10,12H2,1-2H3,(H2,20,21,26)/t15-/m0/s1. The van der Waals surface area contributed by atoms with Crippen molar-refractivity contribution in [1.82, 2.24) is 10.2 Å². The molecule has 0 fully saturated rings. The Morgan fingerprint density at radius 3 is 2.58 bits per heavy atom. The van der Waals surface area contributed by atoms with Crippen molar-refractivity contribution in [3.05, 3.63) is 69.2 Å². The fourth-order valence-corrected chi connectivity index (χ4v) is 2.78. The van der Waals surface area contributed by atoms with E-state index >= 15 is 0 Å². The van der Waals surface area contributed by atoms with Crippen LogP contribution in [0.4, 0.5) is 11.4 Å². The first-order valence-corrected chi connectivity index (χ1v) is 8.84. The van der Waals surface area contributed by atoms with Crippen LogP contribution in [-0.4, -0.2) is 41.6 Å². The molecule has 2 aromatic rings. The van der Waals surface area contributed by atoms with E-state index in [1.54, 1.807) is 0 Å². The average Bonchev–Trinajstić information content (AvgIpc) is 2.61. The van der Waals surface area contributed by atoms with Crippen LogP contribution < -0.4 is 10.6 Å². The minimum Gasteiger partial charge on any atom is -0.361 e. The molecule has 0 heterocycles. The number of nitrogens with zero attached hydrogens (tertiary/aromatic N) is 2. The van der Waals surface area contributed by atoms with Crippen LogP contribution in [0, 0.1) is 10.1 Å². The third-order valence-corrected chi connectivity index (χ3v) is 4.53. The van der Waals surface area contributed by atoms with Crippen LogP contribution in [0.25, 0.3) is 0 Å². The van der Waals surface area contributed by atoms with Crippen molar-refractivity contribution in [2.24, 2.45) is 0 Å². The van der Waals surface area contributed by atoms with Crippen LogP contribution in [0.2, 0.25) is 5.02 Å². The highest BCUT2D eigenvalue weighted by Crippen LogP contribution is 2.26. The number of halogens is 1. The first-order chi connectivity index (χ1) is 12.4. The summed E-state index contributed by atoms with van der Waals surface area (Å²) in [6, 6.07) is 14.6. The van der Waals surface area contributed by atoms with E-state index in [4.69, 9.17) is 23.8 Å². The molecule has 0 saturated heterocycles. The Labute approximate surface area is 163 Å². The Morgan fingerprint density at radius 1 is 1.27 bits per heavy atom. The molecule has 0 spiro atoms. The van der Waals surface area contributed by atoms with E-state index in [1.165, 1.54) is 23.8 Å². The van der Waals surface area contributed by atoms with Crippen molar-refractivity contribution < 1.29 is 4.92 Å². The van der Waals surface area contributed by atoms with E-state index in [0.717, 1.165) is 6.42 Å². The molecule has 0 amide bonds. The molecule has 2 aromatic carbocycles. The van der Waals surface area contributed by atoms with Gasteiger partial charge in [0.25, 0.3) is 5.69 Å². The van der Waals surface area contributed by atoms with Crippen LogP contribution in [0.3, 0.4) is 0 Å². The number of non-ortho nitro benzene ring substituents is 1. The van der Waals surface area contributed by atoms with Gasteiger partial charge in [-0.05, 0) is 44.4 Å². The van der Waals surface area contributed by atoms with Crippen molar-refractivity contribution in [3.63, 3.8) is 0 Å². The van der Waals surface area contributed by atoms with E-state index < -0.39 is 4.92 Å². The van der Waals surface area contributed by atoms with Crippen LogP contribution in [0.1, 0.15) is 5.56 Å². The van der Waals surface area contributed by atoms with Gasteiger partial charge in [0.05, 0.1) is 15.6 Å². The van der Waals surface area contributed by atoms with Crippen LogP contribution in [-0.2, 0) is 6.42 Å². The number of hydrogen-bond donors (Lipinski definition) is 2. The van der Waals surface area contributed by atoms with Gasteiger partial charge in [-0.2, -0.15) is 0 Å². The maximum Gasteiger partial charge on any atom is 0.271 e. The minimum atomic E-state index is -0.472. The van der Waals surface area contributed by atoms with Gasteiger partial charge in [0.2, 0.25) is 0 Å². The van der Waals surface area contributed by atoms with E-state index in [-0.39, 0.29) is 11.7 Å². The molecule has 0 unspecified atom stereocenters. The lowest BCUT2D eigenvalue weighted by Crippen LogP contribution is -2.42.